The summed E-state index contributed by atoms with van der Waals surface area (Å²) in [6, 6.07) is 8.83. The maximum Gasteiger partial charge on any atom is 0.338 e. The highest BCUT2D eigenvalue weighted by Gasteiger charge is 2.23. The number of halogens is 1. The maximum atomic E-state index is 12.4. The SMILES string of the molecule is O=C(OCC(=O)N1CCN(Cc2ccc3c(c2)OCO3)CC1)c1ccnc(Cl)c1. The number of ether oxygens (including phenoxy) is 3. The van der Waals surface area contributed by atoms with Crippen LogP contribution in [0.5, 0.6) is 11.5 Å². The number of benzene rings is 1. The molecule has 29 heavy (non-hydrogen) atoms. The van der Waals surface area contributed by atoms with Crippen LogP contribution in [0.25, 0.3) is 0 Å². The molecule has 1 saturated heterocycles. The summed E-state index contributed by atoms with van der Waals surface area (Å²) in [6.45, 7) is 3.40. The van der Waals surface area contributed by atoms with Crippen molar-refractivity contribution in [3.05, 3.63) is 52.8 Å². The van der Waals surface area contributed by atoms with E-state index in [0.717, 1.165) is 36.7 Å². The molecule has 8 nitrogen and oxygen atoms in total. The first-order valence-electron chi connectivity index (χ1n) is 9.26. The van der Waals surface area contributed by atoms with Crippen molar-refractivity contribution in [2.75, 3.05) is 39.6 Å². The van der Waals surface area contributed by atoms with E-state index in [1.807, 2.05) is 18.2 Å². The van der Waals surface area contributed by atoms with Crippen molar-refractivity contribution < 1.29 is 23.8 Å². The topological polar surface area (TPSA) is 81.2 Å². The highest BCUT2D eigenvalue weighted by atomic mass is 35.5. The summed E-state index contributed by atoms with van der Waals surface area (Å²) in [5, 5.41) is 0.198. The third kappa shape index (κ3) is 4.78. The Hall–Kier alpha value is -2.84. The number of rotatable bonds is 5. The predicted octanol–water partition coefficient (Wildman–Crippen LogP) is 1.96. The van der Waals surface area contributed by atoms with Crippen molar-refractivity contribution in [2.24, 2.45) is 0 Å². The van der Waals surface area contributed by atoms with Crippen molar-refractivity contribution in [1.82, 2.24) is 14.8 Å². The van der Waals surface area contributed by atoms with Gasteiger partial charge in [-0.3, -0.25) is 9.69 Å². The zero-order chi connectivity index (χ0) is 20.2. The van der Waals surface area contributed by atoms with E-state index in [1.165, 1.54) is 18.3 Å². The first kappa shape index (κ1) is 19.5. The number of nitrogens with zero attached hydrogens (tertiary/aromatic N) is 3. The zero-order valence-electron chi connectivity index (χ0n) is 15.7. The number of piperazine rings is 1. The van der Waals surface area contributed by atoms with E-state index < -0.39 is 5.97 Å². The van der Waals surface area contributed by atoms with Gasteiger partial charge in [0.1, 0.15) is 5.15 Å². The largest absolute Gasteiger partial charge is 0.454 e. The van der Waals surface area contributed by atoms with Crippen molar-refractivity contribution >= 4 is 23.5 Å². The molecule has 0 bridgehead atoms. The number of fused-ring (bicyclic) bond motifs is 1. The van der Waals surface area contributed by atoms with Gasteiger partial charge in [0.05, 0.1) is 5.56 Å². The zero-order valence-corrected chi connectivity index (χ0v) is 16.4. The first-order chi connectivity index (χ1) is 14.1. The van der Waals surface area contributed by atoms with Crippen molar-refractivity contribution in [2.45, 2.75) is 6.54 Å². The number of amides is 1. The Balaban J connectivity index is 1.23. The molecule has 0 aliphatic carbocycles. The summed E-state index contributed by atoms with van der Waals surface area (Å²) < 4.78 is 15.9. The van der Waals surface area contributed by atoms with Crippen molar-refractivity contribution in [3.63, 3.8) is 0 Å². The molecule has 152 valence electrons. The Kier molecular flexibility index (Phi) is 5.82. The minimum Gasteiger partial charge on any atom is -0.454 e. The van der Waals surface area contributed by atoms with E-state index in [2.05, 4.69) is 9.88 Å². The Labute approximate surface area is 172 Å². The molecule has 0 unspecified atom stereocenters. The molecule has 0 saturated carbocycles. The van der Waals surface area contributed by atoms with Crippen LogP contribution in [-0.4, -0.2) is 66.2 Å². The molecule has 2 aromatic rings. The summed E-state index contributed by atoms with van der Waals surface area (Å²) >= 11 is 5.76. The molecule has 0 spiro atoms. The predicted molar refractivity (Wildman–Crippen MR) is 104 cm³/mol. The van der Waals surface area contributed by atoms with Crippen LogP contribution in [-0.2, 0) is 16.1 Å². The van der Waals surface area contributed by atoms with E-state index in [9.17, 15) is 9.59 Å². The van der Waals surface area contributed by atoms with Gasteiger partial charge in [-0.2, -0.15) is 0 Å². The average molecular weight is 418 g/mol. The number of pyridine rings is 1. The lowest BCUT2D eigenvalue weighted by Crippen LogP contribution is -2.49. The molecule has 2 aliphatic heterocycles. The molecule has 1 fully saturated rings. The summed E-state index contributed by atoms with van der Waals surface area (Å²) in [6.07, 6.45) is 1.42. The lowest BCUT2D eigenvalue weighted by Gasteiger charge is -2.34. The van der Waals surface area contributed by atoms with Gasteiger partial charge in [-0.05, 0) is 29.8 Å². The summed E-state index contributed by atoms with van der Waals surface area (Å²) in [5.74, 6) is 0.742. The second kappa shape index (κ2) is 8.67. The van der Waals surface area contributed by atoms with Gasteiger partial charge in [0, 0.05) is 38.9 Å². The lowest BCUT2D eigenvalue weighted by atomic mass is 10.1. The molecule has 1 aromatic carbocycles. The van der Waals surface area contributed by atoms with Crippen LogP contribution in [0.3, 0.4) is 0 Å². The Bertz CT molecular complexity index is 915. The molecule has 0 N–H and O–H groups in total. The molecule has 4 rings (SSSR count). The van der Waals surface area contributed by atoms with Gasteiger partial charge < -0.3 is 19.1 Å². The minimum atomic E-state index is -0.593. The first-order valence-corrected chi connectivity index (χ1v) is 9.63. The molecule has 1 amide bonds. The fraction of sp³-hybridized carbons (Fsp3) is 0.350. The summed E-state index contributed by atoms with van der Waals surface area (Å²) in [5.41, 5.74) is 1.41. The highest BCUT2D eigenvalue weighted by molar-refractivity contribution is 6.29. The highest BCUT2D eigenvalue weighted by Crippen LogP contribution is 2.32. The fourth-order valence-electron chi connectivity index (χ4n) is 3.28. The second-order valence-electron chi connectivity index (χ2n) is 6.79. The number of esters is 1. The van der Waals surface area contributed by atoms with Crippen LogP contribution in [0.4, 0.5) is 0 Å². The number of carbonyl (C=O) groups is 2. The van der Waals surface area contributed by atoms with Gasteiger partial charge in [-0.15, -0.1) is 0 Å². The van der Waals surface area contributed by atoms with Gasteiger partial charge in [0.25, 0.3) is 5.91 Å². The quantitative estimate of drug-likeness (QED) is 0.543. The molecule has 9 heteroatoms. The normalized spacial score (nSPS) is 16.0. The van der Waals surface area contributed by atoms with Crippen molar-refractivity contribution in [1.29, 1.82) is 0 Å². The Morgan fingerprint density at radius 1 is 1.07 bits per heavy atom. The monoisotopic (exact) mass is 417 g/mol. The number of hydrogen-bond acceptors (Lipinski definition) is 7. The summed E-state index contributed by atoms with van der Waals surface area (Å²) in [7, 11) is 0. The van der Waals surface area contributed by atoms with E-state index >= 15 is 0 Å². The van der Waals surface area contributed by atoms with Gasteiger partial charge in [-0.1, -0.05) is 17.7 Å². The van der Waals surface area contributed by atoms with Gasteiger partial charge in [0.2, 0.25) is 6.79 Å². The number of carbonyl (C=O) groups excluding carboxylic acids is 2. The Morgan fingerprint density at radius 3 is 2.66 bits per heavy atom. The van der Waals surface area contributed by atoms with Gasteiger partial charge in [-0.25, -0.2) is 9.78 Å². The fourth-order valence-corrected chi connectivity index (χ4v) is 3.46. The molecule has 3 heterocycles. The second-order valence-corrected chi connectivity index (χ2v) is 7.18. The molecule has 0 radical (unpaired) electrons. The van der Waals surface area contributed by atoms with Crippen LogP contribution in [0.1, 0.15) is 15.9 Å². The van der Waals surface area contributed by atoms with Gasteiger partial charge in [0.15, 0.2) is 18.1 Å². The van der Waals surface area contributed by atoms with Crippen LogP contribution in [0.15, 0.2) is 36.5 Å². The van der Waals surface area contributed by atoms with Crippen LogP contribution in [0, 0.1) is 0 Å². The van der Waals surface area contributed by atoms with Crippen LogP contribution < -0.4 is 9.47 Å². The van der Waals surface area contributed by atoms with Gasteiger partial charge >= 0.3 is 5.97 Å². The van der Waals surface area contributed by atoms with Crippen LogP contribution >= 0.6 is 11.6 Å². The molecular weight excluding hydrogens is 398 g/mol. The van der Waals surface area contributed by atoms with E-state index in [4.69, 9.17) is 25.8 Å². The minimum absolute atomic E-state index is 0.198. The average Bonchev–Trinajstić information content (AvgIpc) is 3.20. The Morgan fingerprint density at radius 2 is 1.86 bits per heavy atom. The van der Waals surface area contributed by atoms with E-state index in [1.54, 1.807) is 4.90 Å². The molecule has 1 aromatic heterocycles. The third-order valence-electron chi connectivity index (χ3n) is 4.86. The standard InChI is InChI=1S/C20H20ClN3O5/c21-18-10-15(3-4-22-18)20(26)27-12-19(25)24-7-5-23(6-8-24)11-14-1-2-16-17(9-14)29-13-28-16/h1-4,9-10H,5-8,11-13H2. The number of aromatic nitrogens is 1. The molecule has 0 atom stereocenters. The lowest BCUT2D eigenvalue weighted by molar-refractivity contribution is -0.136. The molecule has 2 aliphatic rings. The third-order valence-corrected chi connectivity index (χ3v) is 5.06. The smallest absolute Gasteiger partial charge is 0.338 e. The number of hydrogen-bond donors (Lipinski definition) is 0. The summed E-state index contributed by atoms with van der Waals surface area (Å²) in [4.78, 5) is 32.2. The van der Waals surface area contributed by atoms with E-state index in [0.29, 0.717) is 13.1 Å². The van der Waals surface area contributed by atoms with E-state index in [-0.39, 0.29) is 30.0 Å². The van der Waals surface area contributed by atoms with Crippen molar-refractivity contribution in [3.8, 4) is 11.5 Å². The van der Waals surface area contributed by atoms with Crippen LogP contribution in [0.2, 0.25) is 5.15 Å². The molecular formula is C20H20ClN3O5. The maximum absolute atomic E-state index is 12.4.